The second-order valence-electron chi connectivity index (χ2n) is 6.04. The van der Waals surface area contributed by atoms with Crippen molar-refractivity contribution in [2.75, 3.05) is 46.8 Å². The van der Waals surface area contributed by atoms with Crippen LogP contribution in [0.25, 0.3) is 0 Å². The van der Waals surface area contributed by atoms with Crippen LogP contribution in [-0.4, -0.2) is 62.7 Å². The predicted molar refractivity (Wildman–Crippen MR) is 73.4 cm³/mol. The van der Waals surface area contributed by atoms with Gasteiger partial charge in [-0.25, -0.2) is 0 Å². The van der Waals surface area contributed by atoms with Crippen molar-refractivity contribution in [3.63, 3.8) is 0 Å². The van der Waals surface area contributed by atoms with Gasteiger partial charge in [0, 0.05) is 6.04 Å². The number of nitrogens with zero attached hydrogens (tertiary/aromatic N) is 2. The smallest absolute Gasteiger partial charge is 0.00967 e. The molecule has 2 rings (SSSR count). The van der Waals surface area contributed by atoms with E-state index in [4.69, 9.17) is 0 Å². The summed E-state index contributed by atoms with van der Waals surface area (Å²) in [6.07, 6.45) is 6.97. The third-order valence-electron chi connectivity index (χ3n) is 4.38. The van der Waals surface area contributed by atoms with Gasteiger partial charge in [-0.2, -0.15) is 0 Å². The lowest BCUT2D eigenvalue weighted by molar-refractivity contribution is 0.158. The molecule has 0 aromatic heterocycles. The van der Waals surface area contributed by atoms with E-state index in [2.05, 4.69) is 29.2 Å². The van der Waals surface area contributed by atoms with Crippen LogP contribution >= 0.6 is 0 Å². The molecule has 0 aromatic rings. The topological polar surface area (TPSA) is 18.5 Å². The van der Waals surface area contributed by atoms with Gasteiger partial charge in [0.2, 0.25) is 0 Å². The summed E-state index contributed by atoms with van der Waals surface area (Å²) in [4.78, 5) is 4.95. The van der Waals surface area contributed by atoms with Crippen molar-refractivity contribution < 1.29 is 0 Å². The molecule has 100 valence electrons. The summed E-state index contributed by atoms with van der Waals surface area (Å²) in [5, 5.41) is 3.67. The molecule has 3 heteroatoms. The first-order valence-electron chi connectivity index (χ1n) is 7.36. The average molecular weight is 239 g/mol. The Labute approximate surface area is 107 Å². The van der Waals surface area contributed by atoms with Crippen molar-refractivity contribution in [1.82, 2.24) is 15.1 Å². The number of piperidine rings is 1. The van der Waals surface area contributed by atoms with Crippen molar-refractivity contribution in [2.45, 2.75) is 38.1 Å². The Kier molecular flexibility index (Phi) is 5.26. The van der Waals surface area contributed by atoms with Crippen molar-refractivity contribution in [3.05, 3.63) is 0 Å². The summed E-state index contributed by atoms with van der Waals surface area (Å²) in [5.74, 6) is 0.961. The van der Waals surface area contributed by atoms with Gasteiger partial charge in [0.05, 0.1) is 0 Å². The molecule has 1 N–H and O–H groups in total. The van der Waals surface area contributed by atoms with Crippen molar-refractivity contribution >= 4 is 0 Å². The third kappa shape index (κ3) is 4.23. The lowest BCUT2D eigenvalue weighted by Crippen LogP contribution is -2.41. The Balaban J connectivity index is 1.60. The number of nitrogens with one attached hydrogen (secondary N) is 1. The summed E-state index contributed by atoms with van der Waals surface area (Å²) < 4.78 is 0. The number of hydrogen-bond acceptors (Lipinski definition) is 3. The molecule has 0 aromatic carbocycles. The maximum atomic E-state index is 3.67. The minimum absolute atomic E-state index is 0.846. The normalized spacial score (nSPS) is 28.1. The van der Waals surface area contributed by atoms with Crippen LogP contribution in [0.3, 0.4) is 0 Å². The van der Waals surface area contributed by atoms with E-state index in [0.29, 0.717) is 0 Å². The summed E-state index contributed by atoms with van der Waals surface area (Å²) >= 11 is 0. The zero-order valence-corrected chi connectivity index (χ0v) is 11.6. The Hall–Kier alpha value is -0.120. The van der Waals surface area contributed by atoms with E-state index in [1.165, 1.54) is 64.8 Å². The Morgan fingerprint density at radius 1 is 1.18 bits per heavy atom. The Morgan fingerprint density at radius 2 is 1.94 bits per heavy atom. The van der Waals surface area contributed by atoms with Gasteiger partial charge >= 0.3 is 0 Å². The number of hydrogen-bond donors (Lipinski definition) is 1. The summed E-state index contributed by atoms with van der Waals surface area (Å²) in [7, 11) is 4.33. The van der Waals surface area contributed by atoms with Crippen LogP contribution < -0.4 is 5.32 Å². The molecule has 2 aliphatic heterocycles. The average Bonchev–Trinajstić information content (AvgIpc) is 2.83. The lowest BCUT2D eigenvalue weighted by Gasteiger charge is -2.35. The van der Waals surface area contributed by atoms with Crippen LogP contribution in [0.5, 0.6) is 0 Å². The van der Waals surface area contributed by atoms with Gasteiger partial charge in [0.25, 0.3) is 0 Å². The Morgan fingerprint density at radius 3 is 2.53 bits per heavy atom. The second kappa shape index (κ2) is 6.72. The van der Waals surface area contributed by atoms with Crippen LogP contribution in [0.2, 0.25) is 0 Å². The van der Waals surface area contributed by atoms with E-state index in [1.807, 2.05) is 0 Å². The molecule has 0 radical (unpaired) electrons. The van der Waals surface area contributed by atoms with E-state index < -0.39 is 0 Å². The van der Waals surface area contributed by atoms with Gasteiger partial charge in [-0.1, -0.05) is 0 Å². The third-order valence-corrected chi connectivity index (χ3v) is 4.38. The van der Waals surface area contributed by atoms with Crippen molar-refractivity contribution in [1.29, 1.82) is 0 Å². The summed E-state index contributed by atoms with van der Waals surface area (Å²) in [6.45, 7) is 6.44. The van der Waals surface area contributed by atoms with E-state index in [0.717, 1.165) is 12.0 Å². The largest absolute Gasteiger partial charge is 0.314 e. The molecule has 1 unspecified atom stereocenters. The van der Waals surface area contributed by atoms with Crippen molar-refractivity contribution in [2.24, 2.45) is 5.92 Å². The molecular formula is C14H29N3. The van der Waals surface area contributed by atoms with Gasteiger partial charge in [0.1, 0.15) is 0 Å². The summed E-state index contributed by atoms with van der Waals surface area (Å²) in [5.41, 5.74) is 0. The monoisotopic (exact) mass is 239 g/mol. The van der Waals surface area contributed by atoms with E-state index in [-0.39, 0.29) is 0 Å². The molecule has 0 spiro atoms. The predicted octanol–water partition coefficient (Wildman–Crippen LogP) is 1.40. The molecule has 3 nitrogen and oxygen atoms in total. The van der Waals surface area contributed by atoms with Crippen LogP contribution in [0.4, 0.5) is 0 Å². The van der Waals surface area contributed by atoms with Gasteiger partial charge in [-0.05, 0) is 84.8 Å². The fourth-order valence-corrected chi connectivity index (χ4v) is 3.30. The van der Waals surface area contributed by atoms with Gasteiger partial charge in [-0.15, -0.1) is 0 Å². The molecule has 2 aliphatic rings. The van der Waals surface area contributed by atoms with E-state index in [1.54, 1.807) is 0 Å². The highest BCUT2D eigenvalue weighted by Gasteiger charge is 2.27. The molecule has 0 bridgehead atoms. The fourth-order valence-electron chi connectivity index (χ4n) is 3.30. The molecular weight excluding hydrogens is 210 g/mol. The van der Waals surface area contributed by atoms with Gasteiger partial charge < -0.3 is 15.1 Å². The molecule has 0 saturated carbocycles. The standard InChI is InChI=1S/C14H29N3/c1-16(2)9-4-10-17-11-6-13(7-12-17)14-5-3-8-15-14/h13-15H,3-12H2,1-2H3. The van der Waals surface area contributed by atoms with Crippen LogP contribution in [0.15, 0.2) is 0 Å². The van der Waals surface area contributed by atoms with E-state index >= 15 is 0 Å². The van der Waals surface area contributed by atoms with Gasteiger partial charge in [0.15, 0.2) is 0 Å². The number of likely N-dealkylation sites (tertiary alicyclic amines) is 1. The highest BCUT2D eigenvalue weighted by molar-refractivity contribution is 4.85. The first-order valence-corrected chi connectivity index (χ1v) is 7.36. The molecule has 17 heavy (non-hydrogen) atoms. The quantitative estimate of drug-likeness (QED) is 0.782. The zero-order valence-electron chi connectivity index (χ0n) is 11.6. The lowest BCUT2D eigenvalue weighted by atomic mass is 9.88. The fraction of sp³-hybridized carbons (Fsp3) is 1.00. The van der Waals surface area contributed by atoms with Crippen LogP contribution in [0.1, 0.15) is 32.1 Å². The van der Waals surface area contributed by atoms with Crippen LogP contribution in [0, 0.1) is 5.92 Å². The molecule has 2 heterocycles. The SMILES string of the molecule is CN(C)CCCN1CCC(C2CCCN2)CC1. The molecule has 2 fully saturated rings. The molecule has 0 amide bonds. The highest BCUT2D eigenvalue weighted by Crippen LogP contribution is 2.25. The minimum Gasteiger partial charge on any atom is -0.314 e. The maximum absolute atomic E-state index is 3.67. The first-order chi connectivity index (χ1) is 8.25. The van der Waals surface area contributed by atoms with E-state index in [9.17, 15) is 0 Å². The van der Waals surface area contributed by atoms with Crippen LogP contribution in [-0.2, 0) is 0 Å². The Bertz CT molecular complexity index is 204. The summed E-state index contributed by atoms with van der Waals surface area (Å²) in [6, 6.07) is 0.846. The van der Waals surface area contributed by atoms with Crippen molar-refractivity contribution in [3.8, 4) is 0 Å². The maximum Gasteiger partial charge on any atom is 0.00967 e. The number of rotatable bonds is 5. The first kappa shape index (κ1) is 13.3. The second-order valence-corrected chi connectivity index (χ2v) is 6.04. The molecule has 2 saturated heterocycles. The zero-order chi connectivity index (χ0) is 12.1. The molecule has 1 atom stereocenters. The van der Waals surface area contributed by atoms with Gasteiger partial charge in [-0.3, -0.25) is 0 Å². The highest BCUT2D eigenvalue weighted by atomic mass is 15.1. The molecule has 0 aliphatic carbocycles. The minimum atomic E-state index is 0.846.